The summed E-state index contributed by atoms with van der Waals surface area (Å²) in [4.78, 5) is 0. The summed E-state index contributed by atoms with van der Waals surface area (Å²) in [6, 6.07) is 7.61. The third-order valence-electron chi connectivity index (χ3n) is 4.40. The number of halogens is 2. The van der Waals surface area contributed by atoms with Gasteiger partial charge in [-0.1, -0.05) is 17.9 Å². The molecule has 6 heteroatoms. The summed E-state index contributed by atoms with van der Waals surface area (Å²) >= 11 is 0. The Morgan fingerprint density at radius 3 is 1.46 bits per heavy atom. The van der Waals surface area contributed by atoms with E-state index in [0.717, 1.165) is 46.6 Å². The van der Waals surface area contributed by atoms with E-state index in [2.05, 4.69) is 65.7 Å². The summed E-state index contributed by atoms with van der Waals surface area (Å²) in [7, 11) is 8.67. The molecule has 1 rings (SSSR count). The molecule has 0 radical (unpaired) electrons. The van der Waals surface area contributed by atoms with Crippen LogP contribution in [0.2, 0.25) is 0 Å². The lowest BCUT2D eigenvalue weighted by molar-refractivity contribution is -0.881. The van der Waals surface area contributed by atoms with Crippen molar-refractivity contribution in [2.24, 2.45) is 0 Å². The number of benzene rings is 1. The quantitative estimate of drug-likeness (QED) is 0.174. The van der Waals surface area contributed by atoms with Crippen molar-refractivity contribution in [3.63, 3.8) is 0 Å². The normalized spacial score (nSPS) is 10.2. The van der Waals surface area contributed by atoms with E-state index in [0.29, 0.717) is 13.2 Å². The molecule has 1 aromatic carbocycles. The lowest BCUT2D eigenvalue weighted by Gasteiger charge is -2.25. The number of hydrogen-bond donors (Lipinski definition) is 0. The Kier molecular flexibility index (Phi) is 16.0. The van der Waals surface area contributed by atoms with Crippen LogP contribution < -0.4 is 57.4 Å². The molecule has 0 aliphatic rings. The van der Waals surface area contributed by atoms with E-state index in [9.17, 15) is 0 Å². The van der Waals surface area contributed by atoms with Crippen LogP contribution in [0.1, 0.15) is 13.8 Å². The molecule has 0 atom stereocenters. The van der Waals surface area contributed by atoms with Gasteiger partial charge in [-0.3, -0.25) is 0 Å². The van der Waals surface area contributed by atoms with E-state index in [1.807, 2.05) is 24.3 Å². The SMILES string of the molecule is CC[N+](C)(C)CC#CCOc1cccc(OCC#CC[N+](C)(C)CC)c1.[I-].[I-]. The molecule has 158 valence electrons. The molecule has 0 amide bonds. The van der Waals surface area contributed by atoms with Crippen LogP contribution in [0.3, 0.4) is 0 Å². The first-order chi connectivity index (χ1) is 12.3. The van der Waals surface area contributed by atoms with Crippen molar-refractivity contribution in [3.8, 4) is 35.2 Å². The molecular weight excluding hydrogens is 578 g/mol. The zero-order valence-corrected chi connectivity index (χ0v) is 22.3. The molecule has 0 bridgehead atoms. The first-order valence-corrected chi connectivity index (χ1v) is 9.19. The van der Waals surface area contributed by atoms with Crippen LogP contribution in [0.4, 0.5) is 0 Å². The van der Waals surface area contributed by atoms with E-state index in [1.165, 1.54) is 0 Å². The highest BCUT2D eigenvalue weighted by Crippen LogP contribution is 2.19. The standard InChI is InChI=1S/C22H34N2O2.2HI/c1-7-23(3,4)16-9-11-18-25-21-14-13-15-22(20-21)26-19-12-10-17-24(5,6)8-2;;/h13-15,20H,7-8,16-19H2,1-6H3;2*1H/q+2;;/p-2. The van der Waals surface area contributed by atoms with Gasteiger partial charge in [0.2, 0.25) is 0 Å². The van der Waals surface area contributed by atoms with Gasteiger partial charge in [-0.15, -0.1) is 0 Å². The molecule has 1 aromatic rings. The number of quaternary nitrogens is 2. The van der Waals surface area contributed by atoms with Gasteiger partial charge in [-0.25, -0.2) is 0 Å². The van der Waals surface area contributed by atoms with Gasteiger partial charge in [0.1, 0.15) is 37.8 Å². The third kappa shape index (κ3) is 13.5. The lowest BCUT2D eigenvalue weighted by atomic mass is 10.3. The molecule has 0 spiro atoms. The smallest absolute Gasteiger partial charge is 0.149 e. The Labute approximate surface area is 206 Å². The highest BCUT2D eigenvalue weighted by molar-refractivity contribution is 5.33. The van der Waals surface area contributed by atoms with Gasteiger partial charge in [0.05, 0.1) is 41.3 Å². The van der Waals surface area contributed by atoms with Gasteiger partial charge in [0.25, 0.3) is 0 Å². The van der Waals surface area contributed by atoms with E-state index >= 15 is 0 Å². The number of nitrogens with zero attached hydrogens (tertiary/aromatic N) is 2. The first kappa shape index (κ1) is 29.5. The summed E-state index contributed by atoms with van der Waals surface area (Å²) in [5, 5.41) is 0. The van der Waals surface area contributed by atoms with Gasteiger partial charge < -0.3 is 66.4 Å². The highest BCUT2D eigenvalue weighted by Gasteiger charge is 2.08. The Balaban J connectivity index is 0. The van der Waals surface area contributed by atoms with Crippen LogP contribution in [0.15, 0.2) is 24.3 Å². The van der Waals surface area contributed by atoms with Gasteiger partial charge >= 0.3 is 0 Å². The third-order valence-corrected chi connectivity index (χ3v) is 4.40. The van der Waals surface area contributed by atoms with Crippen molar-refractivity contribution in [2.45, 2.75) is 13.8 Å². The monoisotopic (exact) mass is 612 g/mol. The predicted octanol–water partition coefficient (Wildman–Crippen LogP) is -3.35. The van der Waals surface area contributed by atoms with E-state index < -0.39 is 0 Å². The topological polar surface area (TPSA) is 18.5 Å². The van der Waals surface area contributed by atoms with E-state index in [4.69, 9.17) is 9.47 Å². The van der Waals surface area contributed by atoms with Gasteiger partial charge in [0, 0.05) is 6.07 Å². The zero-order chi connectivity index (χ0) is 19.5. The lowest BCUT2D eigenvalue weighted by Crippen LogP contribution is -3.00. The van der Waals surface area contributed by atoms with Crippen LogP contribution in [0, 0.1) is 23.7 Å². The van der Waals surface area contributed by atoms with Crippen molar-refractivity contribution in [1.29, 1.82) is 0 Å². The fourth-order valence-electron chi connectivity index (χ4n) is 1.76. The minimum absolute atomic E-state index is 0. The average Bonchev–Trinajstić information content (AvgIpc) is 2.61. The van der Waals surface area contributed by atoms with Crippen LogP contribution in [0.25, 0.3) is 0 Å². The molecule has 0 heterocycles. The Morgan fingerprint density at radius 2 is 1.11 bits per heavy atom. The molecule has 4 nitrogen and oxygen atoms in total. The maximum absolute atomic E-state index is 5.68. The Hall–Kier alpha value is -0.680. The van der Waals surface area contributed by atoms with Crippen molar-refractivity contribution in [2.75, 3.05) is 67.6 Å². The summed E-state index contributed by atoms with van der Waals surface area (Å²) < 4.78 is 13.2. The van der Waals surface area contributed by atoms with Crippen molar-refractivity contribution in [3.05, 3.63) is 24.3 Å². The summed E-state index contributed by atoms with van der Waals surface area (Å²) in [5.41, 5.74) is 0. The molecule has 0 unspecified atom stereocenters. The minimum atomic E-state index is 0. The molecule has 0 aliphatic carbocycles. The van der Waals surface area contributed by atoms with Crippen LogP contribution >= 0.6 is 0 Å². The maximum Gasteiger partial charge on any atom is 0.149 e. The highest BCUT2D eigenvalue weighted by atomic mass is 127. The largest absolute Gasteiger partial charge is 1.00 e. The molecule has 0 saturated carbocycles. The zero-order valence-electron chi connectivity index (χ0n) is 18.0. The van der Waals surface area contributed by atoms with Gasteiger partial charge in [-0.05, 0) is 37.8 Å². The van der Waals surface area contributed by atoms with E-state index in [1.54, 1.807) is 0 Å². The first-order valence-electron chi connectivity index (χ1n) is 9.19. The average molecular weight is 612 g/mol. The number of rotatable bonds is 8. The Bertz CT molecular complexity index is 628. The molecule has 28 heavy (non-hydrogen) atoms. The molecule has 0 saturated heterocycles. The molecule has 0 aromatic heterocycles. The van der Waals surface area contributed by atoms with E-state index in [-0.39, 0.29) is 48.0 Å². The molecular formula is C22H34I2N2O2. The summed E-state index contributed by atoms with van der Waals surface area (Å²) in [5.74, 6) is 14.0. The summed E-state index contributed by atoms with van der Waals surface area (Å²) in [6.45, 7) is 8.88. The van der Waals surface area contributed by atoms with Crippen LogP contribution in [-0.2, 0) is 0 Å². The predicted molar refractivity (Wildman–Crippen MR) is 108 cm³/mol. The van der Waals surface area contributed by atoms with Crippen molar-refractivity contribution >= 4 is 0 Å². The second-order valence-electron chi connectivity index (χ2n) is 7.58. The fourth-order valence-corrected chi connectivity index (χ4v) is 1.76. The van der Waals surface area contributed by atoms with Gasteiger partial charge in [0.15, 0.2) is 0 Å². The molecule has 0 aliphatic heterocycles. The van der Waals surface area contributed by atoms with Gasteiger partial charge in [-0.2, -0.15) is 0 Å². The van der Waals surface area contributed by atoms with Crippen molar-refractivity contribution in [1.82, 2.24) is 0 Å². The maximum atomic E-state index is 5.68. The van der Waals surface area contributed by atoms with Crippen LogP contribution in [-0.4, -0.2) is 76.5 Å². The summed E-state index contributed by atoms with van der Waals surface area (Å²) in [6.07, 6.45) is 0. The van der Waals surface area contributed by atoms with Crippen molar-refractivity contribution < 1.29 is 66.4 Å². The second kappa shape index (κ2) is 15.2. The molecule has 0 fully saturated rings. The fraction of sp³-hybridized carbons (Fsp3) is 0.545. The number of hydrogen-bond acceptors (Lipinski definition) is 2. The molecule has 0 N–H and O–H groups in total. The number of ether oxygens (including phenoxy) is 2. The minimum Gasteiger partial charge on any atom is -1.00 e. The van der Waals surface area contributed by atoms with Crippen LogP contribution in [0.5, 0.6) is 11.5 Å². The second-order valence-corrected chi connectivity index (χ2v) is 7.58. The Morgan fingerprint density at radius 1 is 0.714 bits per heavy atom.